The Morgan fingerprint density at radius 2 is 1.92 bits per heavy atom. The van der Waals surface area contributed by atoms with Crippen molar-refractivity contribution in [1.29, 1.82) is 0 Å². The molecule has 0 saturated heterocycles. The molecule has 0 aliphatic rings. The van der Waals surface area contributed by atoms with Gasteiger partial charge in [-0.25, -0.2) is 4.79 Å². The highest BCUT2D eigenvalue weighted by molar-refractivity contribution is 7.98. The van der Waals surface area contributed by atoms with Crippen molar-refractivity contribution < 1.29 is 19.2 Å². The minimum Gasteiger partial charge on any atom is -0.452 e. The van der Waals surface area contributed by atoms with Crippen LogP contribution in [-0.4, -0.2) is 36.2 Å². The second-order valence-corrected chi connectivity index (χ2v) is 6.15. The highest BCUT2D eigenvalue weighted by Gasteiger charge is 2.18. The number of carbonyl (C=O) groups is 2. The molecule has 0 saturated carbocycles. The fourth-order valence-corrected chi connectivity index (χ4v) is 2.76. The molecule has 0 spiro atoms. The van der Waals surface area contributed by atoms with Crippen molar-refractivity contribution in [1.82, 2.24) is 5.32 Å². The average Bonchev–Trinajstić information content (AvgIpc) is 2.66. The summed E-state index contributed by atoms with van der Waals surface area (Å²) in [7, 11) is 0. The van der Waals surface area contributed by atoms with Crippen molar-refractivity contribution in [2.45, 2.75) is 11.3 Å². The zero-order valence-electron chi connectivity index (χ0n) is 14.1. The van der Waals surface area contributed by atoms with Crippen LogP contribution in [0.3, 0.4) is 0 Å². The summed E-state index contributed by atoms with van der Waals surface area (Å²) >= 11 is 1.21. The van der Waals surface area contributed by atoms with Gasteiger partial charge in [0.05, 0.1) is 15.4 Å². The summed E-state index contributed by atoms with van der Waals surface area (Å²) in [5, 5.41) is 13.7. The van der Waals surface area contributed by atoms with Crippen LogP contribution < -0.4 is 5.32 Å². The molecule has 1 amide bonds. The Labute approximate surface area is 154 Å². The highest BCUT2D eigenvalue weighted by Crippen LogP contribution is 2.28. The normalized spacial score (nSPS) is 10.2. The topological polar surface area (TPSA) is 98.5 Å². The molecule has 2 rings (SSSR count). The zero-order valence-corrected chi connectivity index (χ0v) is 15.0. The van der Waals surface area contributed by atoms with Crippen LogP contribution in [0.1, 0.15) is 15.9 Å². The van der Waals surface area contributed by atoms with Crippen molar-refractivity contribution in [2.24, 2.45) is 0 Å². The van der Waals surface area contributed by atoms with Gasteiger partial charge in [-0.05, 0) is 30.4 Å². The zero-order chi connectivity index (χ0) is 18.9. The number of nitrogens with one attached hydrogen (secondary N) is 1. The second-order valence-electron chi connectivity index (χ2n) is 5.31. The van der Waals surface area contributed by atoms with Gasteiger partial charge in [0, 0.05) is 12.6 Å². The van der Waals surface area contributed by atoms with Gasteiger partial charge in [0.2, 0.25) is 0 Å². The van der Waals surface area contributed by atoms with Crippen LogP contribution in [0.25, 0.3) is 0 Å². The van der Waals surface area contributed by atoms with Gasteiger partial charge in [-0.3, -0.25) is 14.9 Å². The van der Waals surface area contributed by atoms with Gasteiger partial charge < -0.3 is 10.1 Å². The minimum absolute atomic E-state index is 0.0339. The van der Waals surface area contributed by atoms with Crippen molar-refractivity contribution >= 4 is 29.3 Å². The van der Waals surface area contributed by atoms with Crippen LogP contribution in [0.5, 0.6) is 0 Å². The summed E-state index contributed by atoms with van der Waals surface area (Å²) in [5.74, 6) is -1.21. The molecule has 0 radical (unpaired) electrons. The monoisotopic (exact) mass is 374 g/mol. The van der Waals surface area contributed by atoms with E-state index in [-0.39, 0.29) is 11.3 Å². The Bertz CT molecular complexity index is 795. The van der Waals surface area contributed by atoms with Gasteiger partial charge in [-0.15, -0.1) is 11.8 Å². The molecular formula is C18H18N2O5S. The van der Waals surface area contributed by atoms with E-state index in [4.69, 9.17) is 4.74 Å². The molecule has 8 heteroatoms. The molecule has 2 aromatic carbocycles. The molecule has 0 aliphatic carbocycles. The van der Waals surface area contributed by atoms with E-state index in [0.717, 1.165) is 11.6 Å². The predicted molar refractivity (Wildman–Crippen MR) is 98.3 cm³/mol. The number of hydrogen-bond donors (Lipinski definition) is 1. The van der Waals surface area contributed by atoms with E-state index in [1.54, 1.807) is 6.26 Å². The Balaban J connectivity index is 1.83. The molecule has 0 bridgehead atoms. The van der Waals surface area contributed by atoms with Gasteiger partial charge in [-0.2, -0.15) is 0 Å². The summed E-state index contributed by atoms with van der Waals surface area (Å²) < 4.78 is 4.92. The van der Waals surface area contributed by atoms with Crippen LogP contribution >= 0.6 is 11.8 Å². The predicted octanol–water partition coefficient (Wildman–Crippen LogP) is 2.83. The Hall–Kier alpha value is -2.87. The third kappa shape index (κ3) is 5.59. The lowest BCUT2D eigenvalue weighted by atomic mass is 10.1. The van der Waals surface area contributed by atoms with Crippen LogP contribution in [0.4, 0.5) is 5.69 Å². The quantitative estimate of drug-likeness (QED) is 0.330. The first kappa shape index (κ1) is 19.5. The molecule has 0 unspecified atom stereocenters. The van der Waals surface area contributed by atoms with Crippen molar-refractivity contribution in [3.63, 3.8) is 0 Å². The molecule has 1 N–H and O–H groups in total. The molecule has 0 heterocycles. The third-order valence-electron chi connectivity index (χ3n) is 3.52. The van der Waals surface area contributed by atoms with Gasteiger partial charge in [0.1, 0.15) is 0 Å². The molecule has 26 heavy (non-hydrogen) atoms. The lowest BCUT2D eigenvalue weighted by Gasteiger charge is -2.07. The summed E-state index contributed by atoms with van der Waals surface area (Å²) in [4.78, 5) is 34.7. The SMILES string of the molecule is CSc1ccc(C(=O)OCC(=O)NCCc2ccccc2)cc1[N+](=O)[O-]. The number of nitro benzene ring substituents is 1. The number of rotatable bonds is 8. The number of thioether (sulfide) groups is 1. The number of carbonyl (C=O) groups excluding carboxylic acids is 2. The Morgan fingerprint density at radius 1 is 1.19 bits per heavy atom. The molecule has 136 valence electrons. The molecule has 0 aliphatic heterocycles. The Morgan fingerprint density at radius 3 is 2.58 bits per heavy atom. The lowest BCUT2D eigenvalue weighted by Crippen LogP contribution is -2.30. The first-order chi connectivity index (χ1) is 12.5. The summed E-state index contributed by atoms with van der Waals surface area (Å²) in [5.41, 5.74) is 0.955. The van der Waals surface area contributed by atoms with Gasteiger partial charge in [0.25, 0.3) is 11.6 Å². The van der Waals surface area contributed by atoms with Crippen molar-refractivity contribution in [3.05, 3.63) is 69.8 Å². The van der Waals surface area contributed by atoms with Crippen LogP contribution in [0, 0.1) is 10.1 Å². The molecule has 0 atom stereocenters. The fourth-order valence-electron chi connectivity index (χ4n) is 2.22. The maximum atomic E-state index is 12.0. The minimum atomic E-state index is -0.779. The lowest BCUT2D eigenvalue weighted by molar-refractivity contribution is -0.387. The average molecular weight is 374 g/mol. The third-order valence-corrected chi connectivity index (χ3v) is 4.31. The highest BCUT2D eigenvalue weighted by atomic mass is 32.2. The van der Waals surface area contributed by atoms with Crippen molar-refractivity contribution in [3.8, 4) is 0 Å². The molecular weight excluding hydrogens is 356 g/mol. The standard InChI is InChI=1S/C18H18N2O5S/c1-26-16-8-7-14(11-15(16)20(23)24)18(22)25-12-17(21)19-10-9-13-5-3-2-4-6-13/h2-8,11H,9-10,12H2,1H3,(H,19,21). The van der Waals surface area contributed by atoms with E-state index in [9.17, 15) is 19.7 Å². The van der Waals surface area contributed by atoms with E-state index in [1.165, 1.54) is 23.9 Å². The molecule has 0 aromatic heterocycles. The number of hydrogen-bond acceptors (Lipinski definition) is 6. The van der Waals surface area contributed by atoms with E-state index >= 15 is 0 Å². The summed E-state index contributed by atoms with van der Waals surface area (Å²) in [6, 6.07) is 13.7. The van der Waals surface area contributed by atoms with Gasteiger partial charge in [-0.1, -0.05) is 30.3 Å². The molecule has 2 aromatic rings. The number of nitrogens with zero attached hydrogens (tertiary/aromatic N) is 1. The summed E-state index contributed by atoms with van der Waals surface area (Å²) in [6.07, 6.45) is 2.38. The van der Waals surface area contributed by atoms with Gasteiger partial charge in [0.15, 0.2) is 6.61 Å². The number of benzene rings is 2. The van der Waals surface area contributed by atoms with E-state index in [0.29, 0.717) is 17.9 Å². The number of amides is 1. The Kier molecular flexibility index (Phi) is 7.16. The van der Waals surface area contributed by atoms with Crippen LogP contribution in [0.2, 0.25) is 0 Å². The first-order valence-electron chi connectivity index (χ1n) is 7.81. The molecule has 0 fully saturated rings. The molecule has 7 nitrogen and oxygen atoms in total. The maximum absolute atomic E-state index is 12.0. The van der Waals surface area contributed by atoms with E-state index in [1.807, 2.05) is 30.3 Å². The van der Waals surface area contributed by atoms with Crippen molar-refractivity contribution in [2.75, 3.05) is 19.4 Å². The largest absolute Gasteiger partial charge is 0.452 e. The van der Waals surface area contributed by atoms with Crippen LogP contribution in [-0.2, 0) is 16.0 Å². The fraction of sp³-hybridized carbons (Fsp3) is 0.222. The second kappa shape index (κ2) is 9.57. The van der Waals surface area contributed by atoms with E-state index in [2.05, 4.69) is 5.32 Å². The van der Waals surface area contributed by atoms with E-state index < -0.39 is 23.4 Å². The number of ether oxygens (including phenoxy) is 1. The van der Waals surface area contributed by atoms with Crippen LogP contribution in [0.15, 0.2) is 53.4 Å². The maximum Gasteiger partial charge on any atom is 0.338 e. The summed E-state index contributed by atoms with van der Waals surface area (Å²) in [6.45, 7) is -0.0139. The first-order valence-corrected chi connectivity index (χ1v) is 9.04. The number of nitro groups is 1. The van der Waals surface area contributed by atoms with Gasteiger partial charge >= 0.3 is 5.97 Å². The number of esters is 1. The smallest absolute Gasteiger partial charge is 0.338 e.